The van der Waals surface area contributed by atoms with Crippen LogP contribution in [0.1, 0.15) is 27.2 Å². The molecule has 2 saturated heterocycles. The number of Topliss-reactive ketones (excluding diaryl/α,β-unsaturated/α-hetero) is 1. The van der Waals surface area contributed by atoms with Gasteiger partial charge in [-0.15, -0.1) is 0 Å². The van der Waals surface area contributed by atoms with Crippen LogP contribution in [0.5, 0.6) is 0 Å². The van der Waals surface area contributed by atoms with Gasteiger partial charge in [-0.25, -0.2) is 4.79 Å². The van der Waals surface area contributed by atoms with Gasteiger partial charge in [-0.05, 0) is 20.8 Å². The number of nitrogens with zero attached hydrogens (tertiary/aromatic N) is 3. The van der Waals surface area contributed by atoms with Gasteiger partial charge in [0.05, 0.1) is 13.0 Å². The molecule has 7 heteroatoms. The second kappa shape index (κ2) is 6.64. The molecule has 0 bridgehead atoms. The highest BCUT2D eigenvalue weighted by Crippen LogP contribution is 2.12. The van der Waals surface area contributed by atoms with Gasteiger partial charge in [0.1, 0.15) is 5.60 Å². The Balaban J connectivity index is 1.70. The fourth-order valence-corrected chi connectivity index (χ4v) is 2.58. The van der Waals surface area contributed by atoms with Crippen LogP contribution in [0.2, 0.25) is 0 Å². The number of rotatable bonds is 3. The fraction of sp³-hybridized carbons (Fsp3) is 0.800. The average Bonchev–Trinajstić information content (AvgIpc) is 2.73. The van der Waals surface area contributed by atoms with Crippen LogP contribution in [-0.4, -0.2) is 83.9 Å². The number of amides is 2. The van der Waals surface area contributed by atoms with E-state index >= 15 is 0 Å². The summed E-state index contributed by atoms with van der Waals surface area (Å²) in [4.78, 5) is 40.3. The van der Waals surface area contributed by atoms with Crippen LogP contribution < -0.4 is 0 Å². The second-order valence-corrected chi connectivity index (χ2v) is 6.84. The molecule has 124 valence electrons. The van der Waals surface area contributed by atoms with Crippen molar-refractivity contribution in [1.29, 1.82) is 0 Å². The maximum atomic E-state index is 12.0. The normalized spacial score (nSPS) is 20.7. The van der Waals surface area contributed by atoms with Crippen molar-refractivity contribution < 1.29 is 19.1 Å². The zero-order valence-electron chi connectivity index (χ0n) is 13.6. The molecule has 2 heterocycles. The summed E-state index contributed by atoms with van der Waals surface area (Å²) in [7, 11) is 0. The summed E-state index contributed by atoms with van der Waals surface area (Å²) in [6.45, 7) is 9.91. The lowest BCUT2D eigenvalue weighted by molar-refractivity contribution is -0.128. The SMILES string of the molecule is CC(C)(C)OC(=O)N1CCN(CCN2CC(=O)CC2=O)CC1. The van der Waals surface area contributed by atoms with Crippen LogP contribution in [-0.2, 0) is 14.3 Å². The summed E-state index contributed by atoms with van der Waals surface area (Å²) in [6.07, 6.45) is -0.223. The van der Waals surface area contributed by atoms with Gasteiger partial charge in [0.25, 0.3) is 0 Å². The van der Waals surface area contributed by atoms with Crippen molar-refractivity contribution in [1.82, 2.24) is 14.7 Å². The first kappa shape index (κ1) is 16.7. The molecule has 0 saturated carbocycles. The van der Waals surface area contributed by atoms with E-state index in [4.69, 9.17) is 4.74 Å². The van der Waals surface area contributed by atoms with E-state index in [-0.39, 0.29) is 30.7 Å². The highest BCUT2D eigenvalue weighted by Gasteiger charge is 2.29. The smallest absolute Gasteiger partial charge is 0.410 e. The number of likely N-dealkylation sites (tertiary alicyclic amines) is 1. The quantitative estimate of drug-likeness (QED) is 0.703. The molecule has 0 N–H and O–H groups in total. The maximum absolute atomic E-state index is 12.0. The molecule has 0 aromatic carbocycles. The van der Waals surface area contributed by atoms with Gasteiger partial charge in [-0.3, -0.25) is 14.5 Å². The van der Waals surface area contributed by atoms with E-state index in [0.29, 0.717) is 19.6 Å². The first-order chi connectivity index (χ1) is 10.2. The summed E-state index contributed by atoms with van der Waals surface area (Å²) in [5.41, 5.74) is -0.475. The number of ether oxygens (including phenoxy) is 1. The predicted octanol–water partition coefficient (Wildman–Crippen LogP) is 0.341. The number of hydrogen-bond acceptors (Lipinski definition) is 5. The van der Waals surface area contributed by atoms with Gasteiger partial charge >= 0.3 is 6.09 Å². The summed E-state index contributed by atoms with van der Waals surface area (Å²) in [5, 5.41) is 0. The highest BCUT2D eigenvalue weighted by molar-refractivity contribution is 6.05. The monoisotopic (exact) mass is 311 g/mol. The molecule has 0 radical (unpaired) electrons. The maximum Gasteiger partial charge on any atom is 0.410 e. The highest BCUT2D eigenvalue weighted by atomic mass is 16.6. The fourth-order valence-electron chi connectivity index (χ4n) is 2.58. The lowest BCUT2D eigenvalue weighted by Crippen LogP contribution is -2.51. The topological polar surface area (TPSA) is 70.2 Å². The van der Waals surface area contributed by atoms with Crippen molar-refractivity contribution in [3.63, 3.8) is 0 Å². The molecule has 2 aliphatic heterocycles. The first-order valence-electron chi connectivity index (χ1n) is 7.74. The molecule has 0 unspecified atom stereocenters. The molecule has 0 atom stereocenters. The molecule has 2 aliphatic rings. The van der Waals surface area contributed by atoms with E-state index in [9.17, 15) is 14.4 Å². The molecule has 0 aromatic rings. The molecule has 2 amide bonds. The minimum atomic E-state index is -0.475. The lowest BCUT2D eigenvalue weighted by Gasteiger charge is -2.36. The van der Waals surface area contributed by atoms with Gasteiger partial charge in [-0.2, -0.15) is 0 Å². The molecule has 22 heavy (non-hydrogen) atoms. The molecule has 2 rings (SSSR count). The molecule has 7 nitrogen and oxygen atoms in total. The molecule has 2 fully saturated rings. The Kier molecular flexibility index (Phi) is 5.05. The van der Waals surface area contributed by atoms with E-state index in [1.54, 1.807) is 9.80 Å². The third kappa shape index (κ3) is 4.69. The summed E-state index contributed by atoms with van der Waals surface area (Å²) in [6, 6.07) is 0. The van der Waals surface area contributed by atoms with E-state index in [1.807, 2.05) is 20.8 Å². The van der Waals surface area contributed by atoms with Crippen molar-refractivity contribution in [3.05, 3.63) is 0 Å². The van der Waals surface area contributed by atoms with Gasteiger partial charge in [0, 0.05) is 39.3 Å². The lowest BCUT2D eigenvalue weighted by atomic mass is 10.2. The molecule has 0 spiro atoms. The standard InChI is InChI=1S/C15H25N3O4/c1-15(2,3)22-14(21)17-7-4-16(5-8-17)6-9-18-11-12(19)10-13(18)20/h4-11H2,1-3H3. The van der Waals surface area contributed by atoms with E-state index < -0.39 is 5.60 Å². The number of hydrogen-bond donors (Lipinski definition) is 0. The van der Waals surface area contributed by atoms with E-state index in [0.717, 1.165) is 19.6 Å². The third-order valence-corrected chi connectivity index (χ3v) is 3.78. The Morgan fingerprint density at radius 1 is 1.09 bits per heavy atom. The molecular weight excluding hydrogens is 286 g/mol. The van der Waals surface area contributed by atoms with Crippen LogP contribution in [0, 0.1) is 0 Å². The summed E-state index contributed by atoms with van der Waals surface area (Å²) < 4.78 is 5.36. The Morgan fingerprint density at radius 2 is 1.73 bits per heavy atom. The van der Waals surface area contributed by atoms with Crippen LogP contribution in [0.4, 0.5) is 4.79 Å². The summed E-state index contributed by atoms with van der Waals surface area (Å²) in [5.74, 6) is -0.0721. The zero-order chi connectivity index (χ0) is 16.3. The van der Waals surface area contributed by atoms with Crippen LogP contribution in [0.15, 0.2) is 0 Å². The zero-order valence-corrected chi connectivity index (χ0v) is 13.6. The van der Waals surface area contributed by atoms with Crippen molar-refractivity contribution in [3.8, 4) is 0 Å². The Bertz CT molecular complexity index is 450. The van der Waals surface area contributed by atoms with Gasteiger partial charge in [-0.1, -0.05) is 0 Å². The predicted molar refractivity (Wildman–Crippen MR) is 80.5 cm³/mol. The average molecular weight is 311 g/mol. The van der Waals surface area contributed by atoms with Crippen molar-refractivity contribution in [2.45, 2.75) is 32.8 Å². The first-order valence-corrected chi connectivity index (χ1v) is 7.74. The minimum Gasteiger partial charge on any atom is -0.444 e. The molecule has 0 aliphatic carbocycles. The number of piperazine rings is 1. The van der Waals surface area contributed by atoms with Gasteiger partial charge in [0.15, 0.2) is 5.78 Å². The van der Waals surface area contributed by atoms with Crippen molar-refractivity contribution in [2.24, 2.45) is 0 Å². The Hall–Kier alpha value is -1.63. The number of carbonyl (C=O) groups is 3. The third-order valence-electron chi connectivity index (χ3n) is 3.78. The van der Waals surface area contributed by atoms with Crippen LogP contribution >= 0.6 is 0 Å². The second-order valence-electron chi connectivity index (χ2n) is 6.84. The summed E-state index contributed by atoms with van der Waals surface area (Å²) >= 11 is 0. The van der Waals surface area contributed by atoms with Crippen molar-refractivity contribution >= 4 is 17.8 Å². The number of ketones is 1. The number of carbonyl (C=O) groups excluding carboxylic acids is 3. The molecular formula is C15H25N3O4. The van der Waals surface area contributed by atoms with Gasteiger partial charge < -0.3 is 14.5 Å². The van der Waals surface area contributed by atoms with Crippen LogP contribution in [0.3, 0.4) is 0 Å². The Labute approximate surface area is 131 Å². The minimum absolute atomic E-state index is 0.000236. The van der Waals surface area contributed by atoms with E-state index in [2.05, 4.69) is 4.90 Å². The Morgan fingerprint density at radius 3 is 2.23 bits per heavy atom. The van der Waals surface area contributed by atoms with Gasteiger partial charge in [0.2, 0.25) is 5.91 Å². The molecule has 0 aromatic heterocycles. The van der Waals surface area contributed by atoms with Crippen molar-refractivity contribution in [2.75, 3.05) is 45.8 Å². The van der Waals surface area contributed by atoms with Crippen LogP contribution in [0.25, 0.3) is 0 Å². The van der Waals surface area contributed by atoms with E-state index in [1.165, 1.54) is 0 Å². The largest absolute Gasteiger partial charge is 0.444 e.